The summed E-state index contributed by atoms with van der Waals surface area (Å²) in [4.78, 5) is 16.7. The summed E-state index contributed by atoms with van der Waals surface area (Å²) in [6, 6.07) is 18.0. The van der Waals surface area contributed by atoms with E-state index < -0.39 is 0 Å². The van der Waals surface area contributed by atoms with E-state index >= 15 is 0 Å². The molecule has 0 bridgehead atoms. The molecule has 28 heavy (non-hydrogen) atoms. The molecule has 0 aliphatic carbocycles. The molecule has 0 heterocycles. The lowest BCUT2D eigenvalue weighted by molar-refractivity contribution is 0.0953. The zero-order valence-electron chi connectivity index (χ0n) is 16.7. The van der Waals surface area contributed by atoms with Crippen LogP contribution < -0.4 is 16.0 Å². The molecule has 0 unspecified atom stereocenters. The Balaban J connectivity index is 0.00000392. The lowest BCUT2D eigenvalue weighted by atomic mass is 10.1. The second-order valence-electron chi connectivity index (χ2n) is 6.31. The van der Waals surface area contributed by atoms with Crippen LogP contribution in [-0.4, -0.2) is 31.5 Å². The van der Waals surface area contributed by atoms with Crippen molar-refractivity contribution in [1.29, 1.82) is 0 Å². The molecule has 152 valence electrons. The summed E-state index contributed by atoms with van der Waals surface area (Å²) in [5, 5.41) is 9.53. The van der Waals surface area contributed by atoms with Gasteiger partial charge < -0.3 is 16.0 Å². The average Bonchev–Trinajstić information content (AvgIpc) is 2.71. The predicted octanol–water partition coefficient (Wildman–Crippen LogP) is 3.74. The van der Waals surface area contributed by atoms with E-state index in [1.165, 1.54) is 5.56 Å². The molecule has 0 saturated carbocycles. The van der Waals surface area contributed by atoms with Crippen LogP contribution >= 0.6 is 24.0 Å². The van der Waals surface area contributed by atoms with Gasteiger partial charge in [0, 0.05) is 25.2 Å². The van der Waals surface area contributed by atoms with Gasteiger partial charge in [-0.3, -0.25) is 4.79 Å². The van der Waals surface area contributed by atoms with E-state index in [0.29, 0.717) is 18.7 Å². The normalized spacial score (nSPS) is 10.7. The van der Waals surface area contributed by atoms with Gasteiger partial charge in [-0.1, -0.05) is 49.4 Å². The van der Waals surface area contributed by atoms with Crippen molar-refractivity contribution in [2.75, 3.05) is 19.6 Å². The summed E-state index contributed by atoms with van der Waals surface area (Å²) in [5.41, 5.74) is 2.99. The summed E-state index contributed by atoms with van der Waals surface area (Å²) in [7, 11) is 0. The first-order chi connectivity index (χ1) is 13.2. The molecule has 1 amide bonds. The minimum absolute atomic E-state index is 0. The summed E-state index contributed by atoms with van der Waals surface area (Å²) in [6.07, 6.45) is 1.87. The quantitative estimate of drug-likeness (QED) is 0.283. The molecule has 5 nitrogen and oxygen atoms in total. The maximum Gasteiger partial charge on any atom is 0.251 e. The summed E-state index contributed by atoms with van der Waals surface area (Å²) in [5.74, 6) is 0.754. The molecular formula is C22H31IN4O. The van der Waals surface area contributed by atoms with Crippen LogP contribution in [0.5, 0.6) is 0 Å². The van der Waals surface area contributed by atoms with Crippen molar-refractivity contribution in [2.45, 2.75) is 33.2 Å². The highest BCUT2D eigenvalue weighted by Gasteiger charge is 2.05. The van der Waals surface area contributed by atoms with Gasteiger partial charge in [-0.05, 0) is 43.0 Å². The number of carbonyl (C=O) groups is 1. The molecule has 2 aromatic rings. The Labute approximate surface area is 185 Å². The second kappa shape index (κ2) is 14.0. The third-order valence-electron chi connectivity index (χ3n) is 4.04. The molecule has 0 fully saturated rings. The van der Waals surface area contributed by atoms with Crippen molar-refractivity contribution in [3.8, 4) is 0 Å². The first-order valence-electron chi connectivity index (χ1n) is 9.66. The molecule has 0 aliphatic rings. The van der Waals surface area contributed by atoms with Gasteiger partial charge in [-0.25, -0.2) is 4.99 Å². The van der Waals surface area contributed by atoms with E-state index in [4.69, 9.17) is 0 Å². The summed E-state index contributed by atoms with van der Waals surface area (Å²) in [6.45, 7) is 6.92. The van der Waals surface area contributed by atoms with Gasteiger partial charge in [0.1, 0.15) is 0 Å². The summed E-state index contributed by atoms with van der Waals surface area (Å²) < 4.78 is 0. The number of carbonyl (C=O) groups excluding carboxylic acids is 1. The van der Waals surface area contributed by atoms with Crippen molar-refractivity contribution in [3.05, 3.63) is 71.3 Å². The Morgan fingerprint density at radius 3 is 2.36 bits per heavy atom. The minimum Gasteiger partial charge on any atom is -0.357 e. The molecule has 2 aromatic carbocycles. The van der Waals surface area contributed by atoms with E-state index in [2.05, 4.69) is 45.2 Å². The zero-order valence-corrected chi connectivity index (χ0v) is 19.0. The van der Waals surface area contributed by atoms with Gasteiger partial charge in [0.2, 0.25) is 0 Å². The molecule has 0 atom stereocenters. The molecule has 2 rings (SSSR count). The number of hydrogen-bond donors (Lipinski definition) is 3. The SMILES string of the molecule is CCCNC(=O)c1cccc(CN=C(NCC)NCCc2ccccc2)c1.I. The molecule has 6 heteroatoms. The standard InChI is InChI=1S/C22H30N4O.HI/c1-3-14-24-21(27)20-12-8-11-19(16-20)17-26-22(23-4-2)25-15-13-18-9-6-5-7-10-18;/h5-12,16H,3-4,13-15,17H2,1-2H3,(H,24,27)(H2,23,25,26);1H. The first kappa shape index (κ1) is 23.9. The Hall–Kier alpha value is -2.09. The number of guanidine groups is 1. The molecular weight excluding hydrogens is 463 g/mol. The van der Waals surface area contributed by atoms with Gasteiger partial charge in [0.15, 0.2) is 5.96 Å². The highest BCUT2D eigenvalue weighted by Crippen LogP contribution is 2.07. The van der Waals surface area contributed by atoms with Crippen molar-refractivity contribution >= 4 is 35.8 Å². The molecule has 0 saturated heterocycles. The fourth-order valence-electron chi connectivity index (χ4n) is 2.63. The maximum atomic E-state index is 12.1. The van der Waals surface area contributed by atoms with Gasteiger partial charge in [-0.15, -0.1) is 24.0 Å². The van der Waals surface area contributed by atoms with Gasteiger partial charge >= 0.3 is 0 Å². The topological polar surface area (TPSA) is 65.5 Å². The van der Waals surface area contributed by atoms with Crippen molar-refractivity contribution in [1.82, 2.24) is 16.0 Å². The lowest BCUT2D eigenvalue weighted by Crippen LogP contribution is -2.38. The molecule has 0 spiro atoms. The monoisotopic (exact) mass is 494 g/mol. The number of aliphatic imine (C=N–C) groups is 1. The van der Waals surface area contributed by atoms with E-state index in [1.54, 1.807) is 0 Å². The highest BCUT2D eigenvalue weighted by molar-refractivity contribution is 14.0. The van der Waals surface area contributed by atoms with E-state index in [9.17, 15) is 4.79 Å². The van der Waals surface area contributed by atoms with E-state index in [-0.39, 0.29) is 29.9 Å². The third kappa shape index (κ3) is 8.73. The van der Waals surface area contributed by atoms with Crippen LogP contribution in [0.1, 0.15) is 41.8 Å². The van der Waals surface area contributed by atoms with Crippen molar-refractivity contribution < 1.29 is 4.79 Å². The Morgan fingerprint density at radius 2 is 1.64 bits per heavy atom. The van der Waals surface area contributed by atoms with Crippen LogP contribution in [0.15, 0.2) is 59.6 Å². The number of nitrogens with zero attached hydrogens (tertiary/aromatic N) is 1. The van der Waals surface area contributed by atoms with Crippen LogP contribution in [0.3, 0.4) is 0 Å². The van der Waals surface area contributed by atoms with E-state index in [1.807, 2.05) is 44.2 Å². The van der Waals surface area contributed by atoms with E-state index in [0.717, 1.165) is 37.5 Å². The number of amides is 1. The molecule has 0 aromatic heterocycles. The second-order valence-corrected chi connectivity index (χ2v) is 6.31. The molecule has 0 aliphatic heterocycles. The minimum atomic E-state index is -0.0319. The number of benzene rings is 2. The number of rotatable bonds is 9. The van der Waals surface area contributed by atoms with Gasteiger partial charge in [-0.2, -0.15) is 0 Å². The Morgan fingerprint density at radius 1 is 0.893 bits per heavy atom. The van der Waals surface area contributed by atoms with Gasteiger partial charge in [0.25, 0.3) is 5.91 Å². The highest BCUT2D eigenvalue weighted by atomic mass is 127. The predicted molar refractivity (Wildman–Crippen MR) is 127 cm³/mol. The molecule has 0 radical (unpaired) electrons. The van der Waals surface area contributed by atoms with Crippen molar-refractivity contribution in [3.63, 3.8) is 0 Å². The van der Waals surface area contributed by atoms with Crippen LogP contribution in [0, 0.1) is 0 Å². The van der Waals surface area contributed by atoms with Crippen LogP contribution in [0.2, 0.25) is 0 Å². The number of nitrogens with one attached hydrogen (secondary N) is 3. The van der Waals surface area contributed by atoms with Gasteiger partial charge in [0.05, 0.1) is 6.54 Å². The largest absolute Gasteiger partial charge is 0.357 e. The third-order valence-corrected chi connectivity index (χ3v) is 4.04. The Bertz CT molecular complexity index is 734. The fraction of sp³-hybridized carbons (Fsp3) is 0.364. The number of halogens is 1. The van der Waals surface area contributed by atoms with Crippen molar-refractivity contribution in [2.24, 2.45) is 4.99 Å². The van der Waals surface area contributed by atoms with Crippen LogP contribution in [0.4, 0.5) is 0 Å². The van der Waals surface area contributed by atoms with Crippen LogP contribution in [-0.2, 0) is 13.0 Å². The smallest absolute Gasteiger partial charge is 0.251 e. The Kier molecular flexibility index (Phi) is 12.0. The summed E-state index contributed by atoms with van der Waals surface area (Å²) >= 11 is 0. The number of hydrogen-bond acceptors (Lipinski definition) is 2. The maximum absolute atomic E-state index is 12.1. The lowest BCUT2D eigenvalue weighted by Gasteiger charge is -2.11. The van der Waals surface area contributed by atoms with Crippen LogP contribution in [0.25, 0.3) is 0 Å². The molecule has 3 N–H and O–H groups in total. The fourth-order valence-corrected chi connectivity index (χ4v) is 2.63. The average molecular weight is 494 g/mol. The zero-order chi connectivity index (χ0) is 19.3. The first-order valence-corrected chi connectivity index (χ1v) is 9.66.